The third kappa shape index (κ3) is 3.14. The van der Waals surface area contributed by atoms with Crippen molar-refractivity contribution < 1.29 is 22.8 Å². The van der Waals surface area contributed by atoms with Crippen molar-refractivity contribution in [3.05, 3.63) is 59.8 Å². The van der Waals surface area contributed by atoms with Crippen LogP contribution in [0.4, 0.5) is 13.2 Å². The van der Waals surface area contributed by atoms with Crippen LogP contribution in [-0.2, 0) is 16.1 Å². The molecule has 1 aliphatic rings. The van der Waals surface area contributed by atoms with Crippen molar-refractivity contribution in [2.75, 3.05) is 0 Å². The van der Waals surface area contributed by atoms with Gasteiger partial charge in [-0.1, -0.05) is 30.3 Å². The smallest absolute Gasteiger partial charge is 0.304 e. The van der Waals surface area contributed by atoms with E-state index in [4.69, 9.17) is 0 Å². The highest BCUT2D eigenvalue weighted by atomic mass is 19.4. The standard InChI is InChI=1S/C14H10F3NO2/c15-14(16,17)12(19)8-11-6-7-13(20)18(11)9-10-4-2-1-3-5-10/h1-8H,9H2/b11-8+. The molecule has 6 heteroatoms. The molecule has 1 amide bonds. The summed E-state index contributed by atoms with van der Waals surface area (Å²) in [5.74, 6) is -2.43. The Morgan fingerprint density at radius 3 is 2.40 bits per heavy atom. The fourth-order valence-corrected chi connectivity index (χ4v) is 1.74. The number of carbonyl (C=O) groups excluding carboxylic acids is 2. The van der Waals surface area contributed by atoms with Gasteiger partial charge in [0.2, 0.25) is 0 Å². The molecule has 0 fully saturated rings. The van der Waals surface area contributed by atoms with Gasteiger partial charge in [-0.3, -0.25) is 9.59 Å². The van der Waals surface area contributed by atoms with Gasteiger partial charge in [0.1, 0.15) is 0 Å². The Balaban J connectivity index is 2.21. The van der Waals surface area contributed by atoms with Crippen LogP contribution in [0, 0.1) is 0 Å². The maximum absolute atomic E-state index is 12.2. The average Bonchev–Trinajstić information content (AvgIpc) is 2.72. The van der Waals surface area contributed by atoms with E-state index in [0.717, 1.165) is 16.5 Å². The van der Waals surface area contributed by atoms with E-state index in [1.54, 1.807) is 30.3 Å². The summed E-state index contributed by atoms with van der Waals surface area (Å²) in [7, 11) is 0. The van der Waals surface area contributed by atoms with Crippen LogP contribution in [0.2, 0.25) is 0 Å². The molecular weight excluding hydrogens is 271 g/mol. The molecule has 1 aliphatic heterocycles. The van der Waals surface area contributed by atoms with Gasteiger partial charge in [-0.15, -0.1) is 0 Å². The van der Waals surface area contributed by atoms with Crippen molar-refractivity contribution in [3.63, 3.8) is 0 Å². The van der Waals surface area contributed by atoms with Crippen molar-refractivity contribution in [2.45, 2.75) is 12.7 Å². The van der Waals surface area contributed by atoms with E-state index in [9.17, 15) is 22.8 Å². The molecule has 0 atom stereocenters. The van der Waals surface area contributed by atoms with Crippen LogP contribution in [0.15, 0.2) is 54.3 Å². The molecule has 0 saturated heterocycles. The molecule has 1 aromatic rings. The quantitative estimate of drug-likeness (QED) is 0.799. The molecule has 1 heterocycles. The zero-order valence-corrected chi connectivity index (χ0v) is 10.2. The van der Waals surface area contributed by atoms with Crippen LogP contribution in [0.1, 0.15) is 5.56 Å². The number of benzene rings is 1. The number of amides is 1. The van der Waals surface area contributed by atoms with Crippen molar-refractivity contribution in [2.24, 2.45) is 0 Å². The molecule has 0 unspecified atom stereocenters. The monoisotopic (exact) mass is 281 g/mol. The van der Waals surface area contributed by atoms with Gasteiger partial charge in [-0.25, -0.2) is 0 Å². The maximum Gasteiger partial charge on any atom is 0.454 e. The molecule has 0 radical (unpaired) electrons. The molecule has 0 N–H and O–H groups in total. The lowest BCUT2D eigenvalue weighted by atomic mass is 10.2. The van der Waals surface area contributed by atoms with Gasteiger partial charge in [0, 0.05) is 17.8 Å². The number of hydrogen-bond acceptors (Lipinski definition) is 2. The lowest BCUT2D eigenvalue weighted by Crippen LogP contribution is -2.26. The minimum absolute atomic E-state index is 0.0545. The third-order valence-electron chi connectivity index (χ3n) is 2.72. The second kappa shape index (κ2) is 5.32. The number of allylic oxidation sites excluding steroid dienone is 2. The molecule has 1 aromatic carbocycles. The summed E-state index contributed by atoms with van der Waals surface area (Å²) in [5.41, 5.74) is 0.705. The Hall–Kier alpha value is -2.37. The average molecular weight is 281 g/mol. The maximum atomic E-state index is 12.2. The Bertz CT molecular complexity index is 588. The Labute approximate surface area is 113 Å². The first-order valence-electron chi connectivity index (χ1n) is 5.74. The fraction of sp³-hybridized carbons (Fsp3) is 0.143. The van der Waals surface area contributed by atoms with Crippen LogP contribution < -0.4 is 0 Å². The highest BCUT2D eigenvalue weighted by Crippen LogP contribution is 2.22. The Kier molecular flexibility index (Phi) is 3.74. The number of rotatable bonds is 3. The predicted octanol–water partition coefficient (Wildman–Crippen LogP) is 2.60. The van der Waals surface area contributed by atoms with Crippen molar-refractivity contribution in [1.29, 1.82) is 0 Å². The number of ketones is 1. The van der Waals surface area contributed by atoms with Gasteiger partial charge in [0.25, 0.3) is 11.7 Å². The molecular formula is C14H10F3NO2. The first-order chi connectivity index (χ1) is 9.38. The number of nitrogens with zero attached hydrogens (tertiary/aromatic N) is 1. The summed E-state index contributed by atoms with van der Waals surface area (Å²) >= 11 is 0. The number of alkyl halides is 3. The minimum atomic E-state index is -4.94. The number of hydrogen-bond donors (Lipinski definition) is 0. The van der Waals surface area contributed by atoms with E-state index in [1.807, 2.05) is 0 Å². The summed E-state index contributed by atoms with van der Waals surface area (Å²) < 4.78 is 36.7. The van der Waals surface area contributed by atoms with Crippen LogP contribution >= 0.6 is 0 Å². The summed E-state index contributed by atoms with van der Waals surface area (Å²) in [6.07, 6.45) is -2.16. The third-order valence-corrected chi connectivity index (χ3v) is 2.72. The zero-order chi connectivity index (χ0) is 14.8. The highest BCUT2D eigenvalue weighted by molar-refractivity contribution is 5.99. The normalized spacial score (nSPS) is 17.1. The van der Waals surface area contributed by atoms with Crippen LogP contribution in [0.25, 0.3) is 0 Å². The van der Waals surface area contributed by atoms with Crippen molar-refractivity contribution >= 4 is 11.7 Å². The van der Waals surface area contributed by atoms with E-state index in [0.29, 0.717) is 6.08 Å². The molecule has 104 valence electrons. The summed E-state index contributed by atoms with van der Waals surface area (Å²) in [5, 5.41) is 0. The van der Waals surface area contributed by atoms with Crippen LogP contribution in [-0.4, -0.2) is 22.8 Å². The summed E-state index contributed by atoms with van der Waals surface area (Å²) in [6, 6.07) is 8.79. The van der Waals surface area contributed by atoms with Crippen molar-refractivity contribution in [1.82, 2.24) is 4.90 Å². The van der Waals surface area contributed by atoms with E-state index in [2.05, 4.69) is 0 Å². The molecule has 20 heavy (non-hydrogen) atoms. The lowest BCUT2D eigenvalue weighted by molar-refractivity contribution is -0.165. The second-order valence-corrected chi connectivity index (χ2v) is 4.17. The molecule has 2 rings (SSSR count). The van der Waals surface area contributed by atoms with Gasteiger partial charge in [-0.2, -0.15) is 13.2 Å². The first-order valence-corrected chi connectivity index (χ1v) is 5.74. The summed E-state index contributed by atoms with van der Waals surface area (Å²) in [4.78, 5) is 23.7. The van der Waals surface area contributed by atoms with Gasteiger partial charge in [0.05, 0.1) is 6.54 Å². The zero-order valence-electron chi connectivity index (χ0n) is 10.2. The Morgan fingerprint density at radius 2 is 1.80 bits per heavy atom. The molecule has 0 saturated carbocycles. The SMILES string of the molecule is O=C1C=C/C(=C\C(=O)C(F)(F)F)N1Cc1ccccc1. The van der Waals surface area contributed by atoms with E-state index in [-0.39, 0.29) is 12.2 Å². The number of halogens is 3. The van der Waals surface area contributed by atoms with E-state index in [1.165, 1.54) is 6.08 Å². The lowest BCUT2D eigenvalue weighted by Gasteiger charge is -2.18. The number of carbonyl (C=O) groups is 2. The minimum Gasteiger partial charge on any atom is -0.304 e. The second-order valence-electron chi connectivity index (χ2n) is 4.17. The molecule has 0 spiro atoms. The Morgan fingerprint density at radius 1 is 1.15 bits per heavy atom. The highest BCUT2D eigenvalue weighted by Gasteiger charge is 2.37. The predicted molar refractivity (Wildman–Crippen MR) is 65.3 cm³/mol. The molecule has 0 aliphatic carbocycles. The van der Waals surface area contributed by atoms with Gasteiger partial charge >= 0.3 is 6.18 Å². The molecule has 3 nitrogen and oxygen atoms in total. The van der Waals surface area contributed by atoms with E-state index < -0.39 is 17.9 Å². The van der Waals surface area contributed by atoms with Gasteiger partial charge in [0.15, 0.2) is 0 Å². The summed E-state index contributed by atoms with van der Waals surface area (Å²) in [6.45, 7) is 0.115. The van der Waals surface area contributed by atoms with Crippen LogP contribution in [0.3, 0.4) is 0 Å². The largest absolute Gasteiger partial charge is 0.454 e. The molecule has 0 aromatic heterocycles. The topological polar surface area (TPSA) is 37.4 Å². The van der Waals surface area contributed by atoms with Gasteiger partial charge in [-0.05, 0) is 11.6 Å². The molecule has 0 bridgehead atoms. The van der Waals surface area contributed by atoms with Crippen molar-refractivity contribution in [3.8, 4) is 0 Å². The fourth-order valence-electron chi connectivity index (χ4n) is 1.74. The first kappa shape index (κ1) is 14.0. The van der Waals surface area contributed by atoms with E-state index >= 15 is 0 Å². The van der Waals surface area contributed by atoms with Gasteiger partial charge < -0.3 is 4.90 Å². The van der Waals surface area contributed by atoms with Crippen LogP contribution in [0.5, 0.6) is 0 Å².